The van der Waals surface area contributed by atoms with Gasteiger partial charge in [0.05, 0.1) is 23.9 Å². The number of halogens is 2. The summed E-state index contributed by atoms with van der Waals surface area (Å²) in [4.78, 5) is 27.5. The van der Waals surface area contributed by atoms with Crippen molar-refractivity contribution < 1.29 is 19.0 Å². The van der Waals surface area contributed by atoms with Crippen molar-refractivity contribution in [3.8, 4) is 5.75 Å². The van der Waals surface area contributed by atoms with Crippen LogP contribution in [-0.2, 0) is 24.4 Å². The van der Waals surface area contributed by atoms with Crippen LogP contribution in [0.25, 0.3) is 0 Å². The molecule has 2 aliphatic heterocycles. The van der Waals surface area contributed by atoms with Crippen molar-refractivity contribution in [2.45, 2.75) is 32.5 Å². The number of pyridine rings is 1. The fraction of sp³-hybridized carbons (Fsp3) is 0.333. The quantitative estimate of drug-likeness (QED) is 0.777. The van der Waals surface area contributed by atoms with Crippen LogP contribution in [0.5, 0.6) is 5.75 Å². The van der Waals surface area contributed by atoms with Gasteiger partial charge in [0.2, 0.25) is 5.43 Å². The molecule has 1 amide bonds. The van der Waals surface area contributed by atoms with Crippen LogP contribution in [-0.4, -0.2) is 33.6 Å². The van der Waals surface area contributed by atoms with Crippen LogP contribution in [0, 0.1) is 5.82 Å². The molecule has 0 bridgehead atoms. The molecule has 1 atom stereocenters. The Balaban J connectivity index is 1.75. The zero-order chi connectivity index (χ0) is 20.9. The summed E-state index contributed by atoms with van der Waals surface area (Å²) < 4.78 is 20.7. The van der Waals surface area contributed by atoms with Gasteiger partial charge in [-0.25, -0.2) is 4.39 Å². The molecular formula is C21H20ClFN2O4. The van der Waals surface area contributed by atoms with Crippen LogP contribution in [0.4, 0.5) is 4.39 Å². The number of rotatable bonds is 3. The largest absolute Gasteiger partial charge is 0.503 e. The molecule has 1 N–H and O–H groups in total. The van der Waals surface area contributed by atoms with E-state index in [1.807, 2.05) is 6.92 Å². The zero-order valence-electron chi connectivity index (χ0n) is 15.9. The minimum absolute atomic E-state index is 0.0246. The number of ether oxygens (including phenoxy) is 1. The standard InChI is InChI=1S/C21H20ClFN2O4/c1-11(2)13-9-29-10-16-17(13)19(26)20(27)18-21(28)24(5-6-25(16)18)8-12-3-4-15(23)14(22)7-12/h3-4,7,13,27H,1,5-6,8-10H2,2H3. The maximum atomic E-state index is 13.4. The summed E-state index contributed by atoms with van der Waals surface area (Å²) in [6.45, 7) is 7.21. The average Bonchev–Trinajstić information content (AvgIpc) is 2.69. The normalized spacial score (nSPS) is 18.4. The van der Waals surface area contributed by atoms with Crippen LogP contribution < -0.4 is 5.43 Å². The summed E-state index contributed by atoms with van der Waals surface area (Å²) in [5.74, 6) is -1.87. The average molecular weight is 419 g/mol. The number of aromatic nitrogens is 1. The van der Waals surface area contributed by atoms with E-state index in [1.165, 1.54) is 17.0 Å². The Hall–Kier alpha value is -2.64. The molecule has 29 heavy (non-hydrogen) atoms. The number of hydrogen-bond acceptors (Lipinski definition) is 4. The van der Waals surface area contributed by atoms with Crippen molar-refractivity contribution in [2.75, 3.05) is 13.2 Å². The van der Waals surface area contributed by atoms with Gasteiger partial charge in [-0.05, 0) is 24.6 Å². The van der Waals surface area contributed by atoms with Gasteiger partial charge in [0, 0.05) is 31.1 Å². The van der Waals surface area contributed by atoms with E-state index in [4.69, 9.17) is 16.3 Å². The number of carbonyl (C=O) groups is 1. The summed E-state index contributed by atoms with van der Waals surface area (Å²) in [6, 6.07) is 4.26. The molecule has 0 saturated carbocycles. The first-order valence-electron chi connectivity index (χ1n) is 9.24. The summed E-state index contributed by atoms with van der Waals surface area (Å²) in [7, 11) is 0. The highest BCUT2D eigenvalue weighted by Gasteiger charge is 2.36. The fourth-order valence-corrected chi connectivity index (χ4v) is 4.18. The number of amides is 1. The Kier molecular flexibility index (Phi) is 4.96. The SMILES string of the molecule is C=C(C)C1COCc2c1c(=O)c(O)c1n2CCN(Cc2ccc(F)c(Cl)c2)C1=O. The summed E-state index contributed by atoms with van der Waals surface area (Å²) >= 11 is 5.83. The van der Waals surface area contributed by atoms with Crippen molar-refractivity contribution in [1.82, 2.24) is 9.47 Å². The van der Waals surface area contributed by atoms with Gasteiger partial charge in [-0.1, -0.05) is 29.8 Å². The molecule has 2 aliphatic rings. The van der Waals surface area contributed by atoms with E-state index in [0.717, 1.165) is 5.57 Å². The monoisotopic (exact) mass is 418 g/mol. The molecule has 152 valence electrons. The van der Waals surface area contributed by atoms with Gasteiger partial charge in [0.1, 0.15) is 5.82 Å². The third-order valence-electron chi connectivity index (χ3n) is 5.50. The van der Waals surface area contributed by atoms with Crippen LogP contribution in [0.15, 0.2) is 35.1 Å². The van der Waals surface area contributed by atoms with E-state index in [9.17, 15) is 19.1 Å². The van der Waals surface area contributed by atoms with Crippen molar-refractivity contribution in [2.24, 2.45) is 0 Å². The Morgan fingerprint density at radius 1 is 1.38 bits per heavy atom. The second-order valence-electron chi connectivity index (χ2n) is 7.43. The molecule has 0 fully saturated rings. The highest BCUT2D eigenvalue weighted by molar-refractivity contribution is 6.30. The predicted octanol–water partition coefficient (Wildman–Crippen LogP) is 3.19. The van der Waals surface area contributed by atoms with Crippen LogP contribution >= 0.6 is 11.6 Å². The van der Waals surface area contributed by atoms with E-state index in [2.05, 4.69) is 6.58 Å². The minimum atomic E-state index is -0.553. The topological polar surface area (TPSA) is 71.8 Å². The highest BCUT2D eigenvalue weighted by atomic mass is 35.5. The smallest absolute Gasteiger partial charge is 0.274 e. The van der Waals surface area contributed by atoms with E-state index in [-0.39, 0.29) is 29.8 Å². The molecule has 6 nitrogen and oxygen atoms in total. The maximum absolute atomic E-state index is 13.4. The van der Waals surface area contributed by atoms with E-state index in [1.54, 1.807) is 10.6 Å². The molecule has 0 saturated heterocycles. The Bertz CT molecular complexity index is 1100. The van der Waals surface area contributed by atoms with E-state index >= 15 is 0 Å². The van der Waals surface area contributed by atoms with Gasteiger partial charge in [0.15, 0.2) is 11.4 Å². The molecule has 3 heterocycles. The van der Waals surface area contributed by atoms with Gasteiger partial charge < -0.3 is 19.3 Å². The molecule has 4 rings (SSSR count). The molecular weight excluding hydrogens is 399 g/mol. The van der Waals surface area contributed by atoms with Crippen LogP contribution in [0.2, 0.25) is 5.02 Å². The molecule has 0 radical (unpaired) electrons. The predicted molar refractivity (Wildman–Crippen MR) is 106 cm³/mol. The van der Waals surface area contributed by atoms with Gasteiger partial charge in [-0.3, -0.25) is 9.59 Å². The Morgan fingerprint density at radius 2 is 2.14 bits per heavy atom. The van der Waals surface area contributed by atoms with Crippen molar-refractivity contribution >= 4 is 17.5 Å². The van der Waals surface area contributed by atoms with E-state index in [0.29, 0.717) is 36.5 Å². The fourth-order valence-electron chi connectivity index (χ4n) is 3.98. The van der Waals surface area contributed by atoms with Crippen molar-refractivity contribution in [1.29, 1.82) is 0 Å². The lowest BCUT2D eigenvalue weighted by Crippen LogP contribution is -2.44. The third kappa shape index (κ3) is 3.24. The lowest BCUT2D eigenvalue weighted by molar-refractivity contribution is 0.0648. The summed E-state index contributed by atoms with van der Waals surface area (Å²) in [6.07, 6.45) is 0. The van der Waals surface area contributed by atoms with E-state index < -0.39 is 22.9 Å². The molecule has 1 aromatic heterocycles. The Labute approximate surface area is 171 Å². The van der Waals surface area contributed by atoms with Crippen LogP contribution in [0.1, 0.15) is 40.2 Å². The number of nitrogens with zero attached hydrogens (tertiary/aromatic N) is 2. The lowest BCUT2D eigenvalue weighted by atomic mass is 9.89. The first-order valence-corrected chi connectivity index (χ1v) is 9.62. The number of aromatic hydroxyl groups is 1. The maximum Gasteiger partial charge on any atom is 0.274 e. The zero-order valence-corrected chi connectivity index (χ0v) is 16.6. The van der Waals surface area contributed by atoms with Crippen molar-refractivity contribution in [3.63, 3.8) is 0 Å². The minimum Gasteiger partial charge on any atom is -0.503 e. The molecule has 1 aromatic carbocycles. The second-order valence-corrected chi connectivity index (χ2v) is 7.83. The highest BCUT2D eigenvalue weighted by Crippen LogP contribution is 2.34. The number of fused-ring (bicyclic) bond motifs is 3. The molecule has 2 aromatic rings. The number of benzene rings is 1. The molecule has 1 unspecified atom stereocenters. The number of carbonyl (C=O) groups excluding carboxylic acids is 1. The van der Waals surface area contributed by atoms with Gasteiger partial charge >= 0.3 is 0 Å². The van der Waals surface area contributed by atoms with Crippen molar-refractivity contribution in [3.05, 3.63) is 73.9 Å². The molecule has 8 heteroatoms. The Morgan fingerprint density at radius 3 is 2.83 bits per heavy atom. The molecule has 0 spiro atoms. The first-order chi connectivity index (χ1) is 13.8. The van der Waals surface area contributed by atoms with Crippen LogP contribution in [0.3, 0.4) is 0 Å². The summed E-state index contributed by atoms with van der Waals surface area (Å²) in [5, 5.41) is 10.6. The molecule has 0 aliphatic carbocycles. The van der Waals surface area contributed by atoms with Gasteiger partial charge in [0.25, 0.3) is 5.91 Å². The van der Waals surface area contributed by atoms with Gasteiger partial charge in [-0.15, -0.1) is 0 Å². The summed E-state index contributed by atoms with van der Waals surface area (Å²) in [5.41, 5.74) is 1.89. The second kappa shape index (κ2) is 7.31. The lowest BCUT2D eigenvalue weighted by Gasteiger charge is -2.35. The van der Waals surface area contributed by atoms with Gasteiger partial charge in [-0.2, -0.15) is 0 Å². The number of hydrogen-bond donors (Lipinski definition) is 1. The third-order valence-corrected chi connectivity index (χ3v) is 5.79. The first kappa shape index (κ1) is 19.7.